The van der Waals surface area contributed by atoms with Crippen LogP contribution in [0.1, 0.15) is 29.1 Å². The molecule has 2 rings (SSSR count). The molecule has 0 aliphatic carbocycles. The quantitative estimate of drug-likeness (QED) is 0.918. The fraction of sp³-hybridized carbons (Fsp3) is 0.231. The van der Waals surface area contributed by atoms with Crippen molar-refractivity contribution in [2.24, 2.45) is 0 Å². The molecular weight excluding hydrogens is 294 g/mol. The summed E-state index contributed by atoms with van der Waals surface area (Å²) in [5, 5.41) is 11.2. The average Bonchev–Trinajstić information content (AvgIpc) is 2.92. The largest absolute Gasteiger partial charge is 0.248 e. The van der Waals surface area contributed by atoms with Gasteiger partial charge in [-0.3, -0.25) is 0 Å². The van der Waals surface area contributed by atoms with Gasteiger partial charge in [-0.05, 0) is 24.6 Å². The molecule has 0 bridgehead atoms. The van der Waals surface area contributed by atoms with Gasteiger partial charge in [-0.25, -0.2) is 18.1 Å². The summed E-state index contributed by atoms with van der Waals surface area (Å²) >= 11 is 1.41. The molecular formula is C13H13N3O2S2. The first-order chi connectivity index (χ1) is 9.50. The Balaban J connectivity index is 2.05. The third-order valence-electron chi connectivity index (χ3n) is 2.62. The van der Waals surface area contributed by atoms with Crippen molar-refractivity contribution in [2.45, 2.75) is 18.7 Å². The maximum absolute atomic E-state index is 12.1. The van der Waals surface area contributed by atoms with Crippen molar-refractivity contribution >= 4 is 21.4 Å². The molecule has 0 aliphatic heterocycles. The van der Waals surface area contributed by atoms with Crippen LogP contribution in [-0.4, -0.2) is 13.4 Å². The van der Waals surface area contributed by atoms with E-state index in [1.807, 2.05) is 6.07 Å². The first kappa shape index (κ1) is 14.7. The van der Waals surface area contributed by atoms with E-state index in [2.05, 4.69) is 9.71 Å². The minimum Gasteiger partial charge on any atom is -0.248 e. The predicted molar refractivity (Wildman–Crippen MR) is 77.4 cm³/mol. The van der Waals surface area contributed by atoms with Gasteiger partial charge in [0.15, 0.2) is 0 Å². The van der Waals surface area contributed by atoms with Crippen LogP contribution in [0.2, 0.25) is 0 Å². The lowest BCUT2D eigenvalue weighted by Gasteiger charge is -2.11. The van der Waals surface area contributed by atoms with E-state index in [0.717, 1.165) is 5.01 Å². The lowest BCUT2D eigenvalue weighted by atomic mass is 10.2. The molecule has 0 saturated heterocycles. The normalized spacial score (nSPS) is 12.8. The smallest absolute Gasteiger partial charge is 0.216 e. The van der Waals surface area contributed by atoms with E-state index in [1.54, 1.807) is 42.8 Å². The van der Waals surface area contributed by atoms with Crippen LogP contribution in [0.4, 0.5) is 0 Å². The molecule has 0 radical (unpaired) electrons. The number of benzene rings is 1. The van der Waals surface area contributed by atoms with E-state index in [-0.39, 0.29) is 11.8 Å². The van der Waals surface area contributed by atoms with Gasteiger partial charge in [0.2, 0.25) is 10.0 Å². The van der Waals surface area contributed by atoms with Crippen molar-refractivity contribution in [3.05, 3.63) is 52.0 Å². The standard InChI is InChI=1S/C13H13N3O2S2/c1-10(13-15-6-7-19-13)16-20(17,18)9-12-4-2-11(8-14)3-5-12/h2-7,10,16H,9H2,1H3. The number of hydrogen-bond donors (Lipinski definition) is 1. The third-order valence-corrected chi connectivity index (χ3v) is 5.00. The summed E-state index contributed by atoms with van der Waals surface area (Å²) in [6.45, 7) is 1.76. The number of aromatic nitrogens is 1. The molecule has 5 nitrogen and oxygen atoms in total. The number of nitriles is 1. The molecule has 0 aliphatic rings. The van der Waals surface area contributed by atoms with Crippen LogP contribution in [0.15, 0.2) is 35.8 Å². The lowest BCUT2D eigenvalue weighted by Crippen LogP contribution is -2.28. The number of thiazole rings is 1. The highest BCUT2D eigenvalue weighted by molar-refractivity contribution is 7.88. The highest BCUT2D eigenvalue weighted by Gasteiger charge is 2.17. The second-order valence-corrected chi connectivity index (χ2v) is 6.96. The zero-order valence-electron chi connectivity index (χ0n) is 10.8. The molecule has 1 aromatic heterocycles. The van der Waals surface area contributed by atoms with Crippen molar-refractivity contribution < 1.29 is 8.42 Å². The molecule has 0 amide bonds. The minimum atomic E-state index is -3.45. The Labute approximate surface area is 122 Å². The van der Waals surface area contributed by atoms with Crippen LogP contribution >= 0.6 is 11.3 Å². The number of nitrogens with zero attached hydrogens (tertiary/aromatic N) is 2. The Morgan fingerprint density at radius 2 is 2.10 bits per heavy atom. The summed E-state index contributed by atoms with van der Waals surface area (Å²) in [6, 6.07) is 8.15. The predicted octanol–water partition coefficient (Wildman–Crippen LogP) is 2.20. The first-order valence-electron chi connectivity index (χ1n) is 5.88. The van der Waals surface area contributed by atoms with Gasteiger partial charge in [-0.2, -0.15) is 5.26 Å². The Morgan fingerprint density at radius 1 is 1.40 bits per heavy atom. The fourth-order valence-corrected chi connectivity index (χ4v) is 3.79. The van der Waals surface area contributed by atoms with E-state index in [0.29, 0.717) is 11.1 Å². The van der Waals surface area contributed by atoms with Gasteiger partial charge in [0.05, 0.1) is 23.4 Å². The van der Waals surface area contributed by atoms with Gasteiger partial charge in [0.25, 0.3) is 0 Å². The summed E-state index contributed by atoms with van der Waals surface area (Å²) in [5.74, 6) is -0.117. The maximum atomic E-state index is 12.1. The number of sulfonamides is 1. The van der Waals surface area contributed by atoms with Gasteiger partial charge < -0.3 is 0 Å². The van der Waals surface area contributed by atoms with E-state index in [1.165, 1.54) is 11.3 Å². The molecule has 20 heavy (non-hydrogen) atoms. The topological polar surface area (TPSA) is 82.9 Å². The highest BCUT2D eigenvalue weighted by atomic mass is 32.2. The molecule has 104 valence electrons. The SMILES string of the molecule is CC(NS(=O)(=O)Cc1ccc(C#N)cc1)c1nccs1. The van der Waals surface area contributed by atoms with E-state index < -0.39 is 10.0 Å². The van der Waals surface area contributed by atoms with Crippen molar-refractivity contribution in [3.8, 4) is 6.07 Å². The zero-order chi connectivity index (χ0) is 14.6. The summed E-state index contributed by atoms with van der Waals surface area (Å²) < 4.78 is 26.7. The summed E-state index contributed by atoms with van der Waals surface area (Å²) in [6.07, 6.45) is 1.64. The third kappa shape index (κ3) is 3.87. The van der Waals surface area contributed by atoms with Crippen LogP contribution < -0.4 is 4.72 Å². The summed E-state index contributed by atoms with van der Waals surface area (Å²) in [5.41, 5.74) is 1.15. The van der Waals surface area contributed by atoms with Gasteiger partial charge >= 0.3 is 0 Å². The monoisotopic (exact) mass is 307 g/mol. The van der Waals surface area contributed by atoms with Crippen LogP contribution in [0.25, 0.3) is 0 Å². The molecule has 0 fully saturated rings. The molecule has 2 aromatic rings. The second kappa shape index (κ2) is 6.13. The Morgan fingerprint density at radius 3 is 2.65 bits per heavy atom. The maximum Gasteiger partial charge on any atom is 0.216 e. The van der Waals surface area contributed by atoms with Gasteiger partial charge in [0.1, 0.15) is 5.01 Å². The first-order valence-corrected chi connectivity index (χ1v) is 8.42. The van der Waals surface area contributed by atoms with E-state index in [4.69, 9.17) is 5.26 Å². The molecule has 1 unspecified atom stereocenters. The van der Waals surface area contributed by atoms with Gasteiger partial charge in [-0.1, -0.05) is 12.1 Å². The van der Waals surface area contributed by atoms with Gasteiger partial charge in [0, 0.05) is 11.6 Å². The summed E-state index contributed by atoms with van der Waals surface area (Å²) in [4.78, 5) is 4.09. The highest BCUT2D eigenvalue weighted by Crippen LogP contribution is 2.17. The van der Waals surface area contributed by atoms with Crippen LogP contribution in [-0.2, 0) is 15.8 Å². The molecule has 0 saturated carbocycles. The molecule has 1 heterocycles. The molecule has 7 heteroatoms. The van der Waals surface area contributed by atoms with Crippen molar-refractivity contribution in [1.29, 1.82) is 5.26 Å². The van der Waals surface area contributed by atoms with E-state index in [9.17, 15) is 8.42 Å². The Hall–Kier alpha value is -1.75. The van der Waals surface area contributed by atoms with Gasteiger partial charge in [-0.15, -0.1) is 11.3 Å². The van der Waals surface area contributed by atoms with Crippen molar-refractivity contribution in [3.63, 3.8) is 0 Å². The van der Waals surface area contributed by atoms with Crippen molar-refractivity contribution in [2.75, 3.05) is 0 Å². The fourth-order valence-electron chi connectivity index (χ4n) is 1.70. The minimum absolute atomic E-state index is 0.117. The lowest BCUT2D eigenvalue weighted by molar-refractivity contribution is 0.565. The Kier molecular flexibility index (Phi) is 4.49. The summed E-state index contributed by atoms with van der Waals surface area (Å²) in [7, 11) is -3.45. The zero-order valence-corrected chi connectivity index (χ0v) is 12.4. The van der Waals surface area contributed by atoms with E-state index >= 15 is 0 Å². The molecule has 1 N–H and O–H groups in total. The number of rotatable bonds is 5. The van der Waals surface area contributed by atoms with Crippen LogP contribution in [0, 0.1) is 11.3 Å². The molecule has 0 spiro atoms. The molecule has 1 atom stereocenters. The van der Waals surface area contributed by atoms with Crippen LogP contribution in [0.3, 0.4) is 0 Å². The number of hydrogen-bond acceptors (Lipinski definition) is 5. The average molecular weight is 307 g/mol. The van der Waals surface area contributed by atoms with Crippen molar-refractivity contribution in [1.82, 2.24) is 9.71 Å². The molecule has 1 aromatic carbocycles. The van der Waals surface area contributed by atoms with Crippen LogP contribution in [0.5, 0.6) is 0 Å². The second-order valence-electron chi connectivity index (χ2n) is 4.28. The number of nitrogens with one attached hydrogen (secondary N) is 1. The Bertz CT molecular complexity index is 701.